The summed E-state index contributed by atoms with van der Waals surface area (Å²) in [4.78, 5) is 28.5. The van der Waals surface area contributed by atoms with Crippen molar-refractivity contribution in [2.45, 2.75) is 19.3 Å². The molecule has 1 aromatic heterocycles. The highest BCUT2D eigenvalue weighted by Crippen LogP contribution is 2.37. The molecule has 2 aromatic carbocycles. The topological polar surface area (TPSA) is 88.9 Å². The molecule has 4 rings (SSSR count). The van der Waals surface area contributed by atoms with Crippen LogP contribution in [0.25, 0.3) is 5.69 Å². The van der Waals surface area contributed by atoms with Gasteiger partial charge in [-0.25, -0.2) is 9.67 Å². The molecule has 1 aliphatic heterocycles. The maximum atomic E-state index is 12.6. The number of nitrogens with one attached hydrogen (secondary N) is 2. The van der Waals surface area contributed by atoms with Crippen LogP contribution in [-0.4, -0.2) is 26.6 Å². The number of anilines is 2. The fourth-order valence-corrected chi connectivity index (χ4v) is 2.95. The van der Waals surface area contributed by atoms with E-state index >= 15 is 0 Å². The summed E-state index contributed by atoms with van der Waals surface area (Å²) >= 11 is 0. The third kappa shape index (κ3) is 2.63. The normalized spacial score (nSPS) is 14.6. The lowest BCUT2D eigenvalue weighted by molar-refractivity contribution is -0.119. The van der Waals surface area contributed by atoms with Crippen LogP contribution >= 0.6 is 0 Å². The van der Waals surface area contributed by atoms with Gasteiger partial charge in [-0.05, 0) is 61.9 Å². The standard InChI is InChI=1S/C19H17N5O2/c1-19(2)15-9-12(3-8-16(15)23-18(19)26)17(25)22-13-4-6-14(7-5-13)24-11-20-10-21-24/h3-11H,1-2H3,(H,22,25)(H,23,26). The lowest BCUT2D eigenvalue weighted by atomic mass is 9.85. The molecule has 0 atom stereocenters. The minimum Gasteiger partial charge on any atom is -0.325 e. The van der Waals surface area contributed by atoms with Crippen molar-refractivity contribution in [3.8, 4) is 5.69 Å². The SMILES string of the molecule is CC1(C)C(=O)Nc2ccc(C(=O)Nc3ccc(-n4cncn4)cc3)cc21. The molecular formula is C19H17N5O2. The number of amides is 2. The smallest absolute Gasteiger partial charge is 0.255 e. The molecule has 1 aliphatic rings. The van der Waals surface area contributed by atoms with Gasteiger partial charge in [0.05, 0.1) is 11.1 Å². The Kier molecular flexibility index (Phi) is 3.57. The largest absolute Gasteiger partial charge is 0.325 e. The van der Waals surface area contributed by atoms with E-state index in [1.165, 1.54) is 6.33 Å². The summed E-state index contributed by atoms with van der Waals surface area (Å²) in [6, 6.07) is 12.5. The molecule has 0 aliphatic carbocycles. The zero-order valence-corrected chi connectivity index (χ0v) is 14.4. The summed E-state index contributed by atoms with van der Waals surface area (Å²) in [6.07, 6.45) is 3.07. The maximum absolute atomic E-state index is 12.6. The van der Waals surface area contributed by atoms with Crippen LogP contribution in [0.15, 0.2) is 55.1 Å². The molecule has 0 saturated carbocycles. The number of aromatic nitrogens is 3. The number of hydrogen-bond donors (Lipinski definition) is 2. The molecule has 0 unspecified atom stereocenters. The third-order valence-electron chi connectivity index (χ3n) is 4.58. The highest BCUT2D eigenvalue weighted by molar-refractivity contribution is 6.09. The Hall–Kier alpha value is -3.48. The molecule has 2 N–H and O–H groups in total. The number of carbonyl (C=O) groups excluding carboxylic acids is 2. The van der Waals surface area contributed by atoms with Crippen molar-refractivity contribution in [1.29, 1.82) is 0 Å². The van der Waals surface area contributed by atoms with Gasteiger partial charge in [0.25, 0.3) is 5.91 Å². The first-order chi connectivity index (χ1) is 12.4. The molecule has 0 fully saturated rings. The van der Waals surface area contributed by atoms with Crippen LogP contribution in [0.5, 0.6) is 0 Å². The number of fused-ring (bicyclic) bond motifs is 1. The van der Waals surface area contributed by atoms with Crippen molar-refractivity contribution in [3.05, 3.63) is 66.2 Å². The zero-order valence-electron chi connectivity index (χ0n) is 14.4. The van der Waals surface area contributed by atoms with E-state index < -0.39 is 5.41 Å². The van der Waals surface area contributed by atoms with Gasteiger partial charge in [0.2, 0.25) is 5.91 Å². The van der Waals surface area contributed by atoms with Gasteiger partial charge in [-0.2, -0.15) is 5.10 Å². The summed E-state index contributed by atoms with van der Waals surface area (Å²) < 4.78 is 1.64. The number of hydrogen-bond acceptors (Lipinski definition) is 4. The Morgan fingerprint density at radius 2 is 1.92 bits per heavy atom. The molecule has 2 heterocycles. The number of rotatable bonds is 3. The minimum absolute atomic E-state index is 0.0613. The number of nitrogens with zero attached hydrogens (tertiary/aromatic N) is 3. The Balaban J connectivity index is 1.54. The quantitative estimate of drug-likeness (QED) is 0.762. The molecule has 0 saturated heterocycles. The minimum atomic E-state index is -0.648. The zero-order chi connectivity index (χ0) is 18.3. The lowest BCUT2D eigenvalue weighted by Gasteiger charge is -2.15. The monoisotopic (exact) mass is 347 g/mol. The van der Waals surface area contributed by atoms with Crippen LogP contribution in [0.1, 0.15) is 29.8 Å². The second-order valence-corrected chi connectivity index (χ2v) is 6.68. The Labute approximate surface area is 150 Å². The van der Waals surface area contributed by atoms with Crippen molar-refractivity contribution < 1.29 is 9.59 Å². The van der Waals surface area contributed by atoms with Crippen molar-refractivity contribution >= 4 is 23.2 Å². The lowest BCUT2D eigenvalue weighted by Crippen LogP contribution is -2.27. The Morgan fingerprint density at radius 1 is 1.15 bits per heavy atom. The van der Waals surface area contributed by atoms with Crippen LogP contribution < -0.4 is 10.6 Å². The van der Waals surface area contributed by atoms with Crippen LogP contribution in [0, 0.1) is 0 Å². The summed E-state index contributed by atoms with van der Waals surface area (Å²) in [7, 11) is 0. The fraction of sp³-hybridized carbons (Fsp3) is 0.158. The van der Waals surface area contributed by atoms with Gasteiger partial charge in [-0.3, -0.25) is 9.59 Å². The first-order valence-electron chi connectivity index (χ1n) is 8.17. The summed E-state index contributed by atoms with van der Waals surface area (Å²) in [5.41, 5.74) is 2.97. The number of benzene rings is 2. The predicted molar refractivity (Wildman–Crippen MR) is 97.4 cm³/mol. The van der Waals surface area contributed by atoms with E-state index in [1.807, 2.05) is 26.0 Å². The van der Waals surface area contributed by atoms with Gasteiger partial charge in [0.1, 0.15) is 12.7 Å². The van der Waals surface area contributed by atoms with Crippen molar-refractivity contribution in [3.63, 3.8) is 0 Å². The first-order valence-corrected chi connectivity index (χ1v) is 8.17. The molecule has 130 valence electrons. The van der Waals surface area contributed by atoms with E-state index in [1.54, 1.807) is 41.3 Å². The van der Waals surface area contributed by atoms with Crippen LogP contribution in [0.4, 0.5) is 11.4 Å². The van der Waals surface area contributed by atoms with Crippen LogP contribution in [-0.2, 0) is 10.2 Å². The maximum Gasteiger partial charge on any atom is 0.255 e. The van der Waals surface area contributed by atoms with Crippen molar-refractivity contribution in [1.82, 2.24) is 14.8 Å². The predicted octanol–water partition coefficient (Wildman–Crippen LogP) is 2.75. The van der Waals surface area contributed by atoms with E-state index in [2.05, 4.69) is 20.7 Å². The molecular weight excluding hydrogens is 330 g/mol. The Morgan fingerprint density at radius 3 is 2.62 bits per heavy atom. The molecule has 0 radical (unpaired) electrons. The van der Waals surface area contributed by atoms with Crippen molar-refractivity contribution in [2.75, 3.05) is 10.6 Å². The summed E-state index contributed by atoms with van der Waals surface area (Å²) in [6.45, 7) is 3.69. The second kappa shape index (κ2) is 5.80. The highest BCUT2D eigenvalue weighted by Gasteiger charge is 2.38. The van der Waals surface area contributed by atoms with Gasteiger partial charge >= 0.3 is 0 Å². The van der Waals surface area contributed by atoms with Gasteiger partial charge < -0.3 is 10.6 Å². The Bertz CT molecular complexity index is 991. The molecule has 26 heavy (non-hydrogen) atoms. The molecule has 0 bridgehead atoms. The molecule has 0 spiro atoms. The van der Waals surface area contributed by atoms with Gasteiger partial charge in [0, 0.05) is 16.9 Å². The van der Waals surface area contributed by atoms with Gasteiger partial charge in [0.15, 0.2) is 0 Å². The van der Waals surface area contributed by atoms with E-state index in [4.69, 9.17) is 0 Å². The third-order valence-corrected chi connectivity index (χ3v) is 4.58. The average molecular weight is 347 g/mol. The number of carbonyl (C=O) groups is 2. The molecule has 7 heteroatoms. The van der Waals surface area contributed by atoms with E-state index in [-0.39, 0.29) is 11.8 Å². The van der Waals surface area contributed by atoms with Crippen LogP contribution in [0.3, 0.4) is 0 Å². The van der Waals surface area contributed by atoms with Crippen LogP contribution in [0.2, 0.25) is 0 Å². The van der Waals surface area contributed by atoms with Gasteiger partial charge in [-0.1, -0.05) is 0 Å². The molecule has 7 nitrogen and oxygen atoms in total. The first kappa shape index (κ1) is 16.0. The average Bonchev–Trinajstić information content (AvgIpc) is 3.23. The second-order valence-electron chi connectivity index (χ2n) is 6.68. The fourth-order valence-electron chi connectivity index (χ4n) is 2.95. The molecule has 3 aromatic rings. The van der Waals surface area contributed by atoms with Crippen molar-refractivity contribution in [2.24, 2.45) is 0 Å². The van der Waals surface area contributed by atoms with E-state index in [0.717, 1.165) is 16.9 Å². The summed E-state index contributed by atoms with van der Waals surface area (Å²) in [5, 5.41) is 9.77. The van der Waals surface area contributed by atoms with Gasteiger partial charge in [-0.15, -0.1) is 0 Å². The highest BCUT2D eigenvalue weighted by atomic mass is 16.2. The van der Waals surface area contributed by atoms with E-state index in [9.17, 15) is 9.59 Å². The molecule has 2 amide bonds. The summed E-state index contributed by atoms with van der Waals surface area (Å²) in [5.74, 6) is -0.287. The van der Waals surface area contributed by atoms with E-state index in [0.29, 0.717) is 11.3 Å².